The largest absolute Gasteiger partial charge is 0.435 e. The number of nitrogens with zero attached hydrogens (tertiary/aromatic N) is 4. The Balaban J connectivity index is 2.09. The Morgan fingerprint density at radius 2 is 1.96 bits per heavy atom. The number of hydrogen-bond donors (Lipinski definition) is 0. The molecule has 9 heteroatoms. The molecular formula is C14H11F3N4OS. The van der Waals surface area contributed by atoms with E-state index in [9.17, 15) is 18.0 Å². The zero-order chi connectivity index (χ0) is 16.8. The maximum atomic E-state index is 13.1. The zero-order valence-corrected chi connectivity index (χ0v) is 12.9. The minimum absolute atomic E-state index is 0.111. The highest BCUT2D eigenvalue weighted by atomic mass is 32.1. The van der Waals surface area contributed by atoms with E-state index in [2.05, 4.69) is 10.1 Å². The van der Waals surface area contributed by atoms with Gasteiger partial charge in [-0.3, -0.25) is 4.79 Å². The Kier molecular flexibility index (Phi) is 3.59. The van der Waals surface area contributed by atoms with Crippen molar-refractivity contribution in [1.82, 2.24) is 9.88 Å². The van der Waals surface area contributed by atoms with E-state index < -0.39 is 23.4 Å². The normalized spacial score (nSPS) is 17.3. The molecule has 23 heavy (non-hydrogen) atoms. The van der Waals surface area contributed by atoms with E-state index >= 15 is 0 Å². The van der Waals surface area contributed by atoms with Crippen molar-refractivity contribution in [2.45, 2.75) is 6.18 Å². The predicted molar refractivity (Wildman–Crippen MR) is 82.4 cm³/mol. The number of halogens is 3. The van der Waals surface area contributed by atoms with Crippen LogP contribution in [0.25, 0.3) is 10.2 Å². The van der Waals surface area contributed by atoms with Crippen molar-refractivity contribution >= 4 is 38.3 Å². The van der Waals surface area contributed by atoms with Gasteiger partial charge in [0.1, 0.15) is 0 Å². The van der Waals surface area contributed by atoms with Crippen molar-refractivity contribution in [2.75, 3.05) is 19.1 Å². The van der Waals surface area contributed by atoms with Gasteiger partial charge in [0.15, 0.2) is 5.71 Å². The lowest BCUT2D eigenvalue weighted by Crippen LogP contribution is -2.27. The maximum absolute atomic E-state index is 13.1. The summed E-state index contributed by atoms with van der Waals surface area (Å²) < 4.78 is 40.2. The average Bonchev–Trinajstić information content (AvgIpc) is 3.00. The first kappa shape index (κ1) is 15.5. The molecule has 0 fully saturated rings. The molecular weight excluding hydrogens is 329 g/mol. The van der Waals surface area contributed by atoms with Gasteiger partial charge in [-0.05, 0) is 12.1 Å². The number of carbonyl (C=O) groups excluding carboxylic acids is 1. The maximum Gasteiger partial charge on any atom is 0.435 e. The third-order valence-corrected chi connectivity index (χ3v) is 4.01. The highest BCUT2D eigenvalue weighted by molar-refractivity contribution is 7.22. The number of amides is 1. The van der Waals surface area contributed by atoms with Gasteiger partial charge in [-0.1, -0.05) is 23.5 Å². The van der Waals surface area contributed by atoms with Gasteiger partial charge in [0.25, 0.3) is 5.91 Å². The number of hydrazone groups is 1. The van der Waals surface area contributed by atoms with E-state index in [-0.39, 0.29) is 5.13 Å². The molecule has 0 saturated heterocycles. The molecule has 120 valence electrons. The fourth-order valence-corrected chi connectivity index (χ4v) is 2.99. The molecule has 0 aliphatic carbocycles. The van der Waals surface area contributed by atoms with E-state index in [4.69, 9.17) is 0 Å². The lowest BCUT2D eigenvalue weighted by atomic mass is 10.1. The Hall–Kier alpha value is -2.42. The summed E-state index contributed by atoms with van der Waals surface area (Å²) in [5, 5.41) is 4.29. The van der Waals surface area contributed by atoms with E-state index in [0.717, 1.165) is 22.2 Å². The molecule has 0 atom stereocenters. The Morgan fingerprint density at radius 1 is 1.26 bits per heavy atom. The molecule has 0 bridgehead atoms. The van der Waals surface area contributed by atoms with Gasteiger partial charge in [-0.2, -0.15) is 23.3 Å². The molecule has 1 aromatic heterocycles. The molecule has 0 saturated carbocycles. The van der Waals surface area contributed by atoms with E-state index in [1.54, 1.807) is 24.3 Å². The Labute approximate surface area is 133 Å². The number of hydrogen-bond acceptors (Lipinski definition) is 5. The van der Waals surface area contributed by atoms with Gasteiger partial charge >= 0.3 is 6.18 Å². The van der Waals surface area contributed by atoms with Crippen molar-refractivity contribution in [2.24, 2.45) is 5.10 Å². The van der Waals surface area contributed by atoms with Gasteiger partial charge < -0.3 is 4.90 Å². The average molecular weight is 340 g/mol. The summed E-state index contributed by atoms with van der Waals surface area (Å²) in [6.07, 6.45) is -3.61. The lowest BCUT2D eigenvalue weighted by molar-refractivity contribution is -0.114. The second-order valence-electron chi connectivity index (χ2n) is 5.03. The number of fused-ring (bicyclic) bond motifs is 1. The number of anilines is 1. The van der Waals surface area contributed by atoms with Crippen LogP contribution in [0.4, 0.5) is 18.3 Å². The zero-order valence-electron chi connectivity index (χ0n) is 12.1. The number of thiazole rings is 1. The number of rotatable bonds is 2. The van der Waals surface area contributed by atoms with Crippen LogP contribution in [0.2, 0.25) is 0 Å². The number of carbonyl (C=O) groups is 1. The first-order valence-electron chi connectivity index (χ1n) is 6.52. The summed E-state index contributed by atoms with van der Waals surface area (Å²) in [6.45, 7) is 0. The van der Waals surface area contributed by atoms with Crippen LogP contribution in [0.5, 0.6) is 0 Å². The molecule has 2 heterocycles. The van der Waals surface area contributed by atoms with Crippen LogP contribution < -0.4 is 5.01 Å². The molecule has 0 radical (unpaired) electrons. The first-order chi connectivity index (χ1) is 10.8. The minimum Gasteiger partial charge on any atom is -0.383 e. The van der Waals surface area contributed by atoms with Crippen molar-refractivity contribution < 1.29 is 18.0 Å². The van der Waals surface area contributed by atoms with Crippen molar-refractivity contribution in [3.8, 4) is 0 Å². The SMILES string of the molecule is CN(C)/C=C1\C(=O)N(c2nc3ccccc3s2)N=C1C(F)(F)F. The number of aromatic nitrogens is 1. The summed E-state index contributed by atoms with van der Waals surface area (Å²) in [6, 6.07) is 7.06. The van der Waals surface area contributed by atoms with Crippen LogP contribution in [0.15, 0.2) is 41.1 Å². The summed E-state index contributed by atoms with van der Waals surface area (Å²) in [5.74, 6) is -0.843. The molecule has 1 aromatic carbocycles. The molecule has 2 aromatic rings. The molecule has 0 N–H and O–H groups in total. The lowest BCUT2D eigenvalue weighted by Gasteiger charge is -2.09. The monoisotopic (exact) mass is 340 g/mol. The standard InChI is InChI=1S/C14H11F3N4OS/c1-20(2)7-8-11(14(15,16)17)19-21(12(8)22)13-18-9-5-3-4-6-10(9)23-13/h3-7H,1-2H3/b8-7-. The third kappa shape index (κ3) is 2.79. The summed E-state index contributed by atoms with van der Waals surface area (Å²) in [7, 11) is 3.07. The first-order valence-corrected chi connectivity index (χ1v) is 7.33. The molecule has 0 unspecified atom stereocenters. The fraction of sp³-hybridized carbons (Fsp3) is 0.214. The Morgan fingerprint density at radius 3 is 2.57 bits per heavy atom. The summed E-state index contributed by atoms with van der Waals surface area (Å²) >= 11 is 1.11. The number of para-hydroxylation sites is 1. The summed E-state index contributed by atoms with van der Waals surface area (Å²) in [5.41, 5.74) is -1.11. The molecule has 0 spiro atoms. The predicted octanol–water partition coefficient (Wildman–Crippen LogP) is 3.01. The van der Waals surface area contributed by atoms with Crippen LogP contribution in [0.3, 0.4) is 0 Å². The van der Waals surface area contributed by atoms with Crippen molar-refractivity contribution in [1.29, 1.82) is 0 Å². The highest BCUT2D eigenvalue weighted by Crippen LogP contribution is 2.35. The van der Waals surface area contributed by atoms with Gasteiger partial charge in [0.2, 0.25) is 5.13 Å². The van der Waals surface area contributed by atoms with Crippen molar-refractivity contribution in [3.63, 3.8) is 0 Å². The van der Waals surface area contributed by atoms with Crippen molar-refractivity contribution in [3.05, 3.63) is 36.0 Å². The topological polar surface area (TPSA) is 48.8 Å². The van der Waals surface area contributed by atoms with Crippen LogP contribution in [-0.2, 0) is 4.79 Å². The fourth-order valence-electron chi connectivity index (χ4n) is 2.08. The van der Waals surface area contributed by atoms with Crippen LogP contribution in [0.1, 0.15) is 0 Å². The molecule has 1 amide bonds. The smallest absolute Gasteiger partial charge is 0.383 e. The van der Waals surface area contributed by atoms with Gasteiger partial charge in [0.05, 0.1) is 15.8 Å². The summed E-state index contributed by atoms with van der Waals surface area (Å²) in [4.78, 5) is 17.9. The number of alkyl halides is 3. The molecule has 3 rings (SSSR count). The van der Waals surface area contributed by atoms with Crippen LogP contribution in [0, 0.1) is 0 Å². The molecule has 1 aliphatic rings. The quantitative estimate of drug-likeness (QED) is 0.790. The second-order valence-corrected chi connectivity index (χ2v) is 6.04. The molecule has 1 aliphatic heterocycles. The van der Waals surface area contributed by atoms with Crippen LogP contribution in [-0.4, -0.2) is 41.8 Å². The molecule has 5 nitrogen and oxygen atoms in total. The third-order valence-electron chi connectivity index (χ3n) is 3.00. The highest BCUT2D eigenvalue weighted by Gasteiger charge is 2.47. The Bertz CT molecular complexity index is 805. The van der Waals surface area contributed by atoms with Gasteiger partial charge in [-0.25, -0.2) is 4.98 Å². The van der Waals surface area contributed by atoms with E-state index in [1.807, 2.05) is 0 Å². The van der Waals surface area contributed by atoms with E-state index in [0.29, 0.717) is 10.5 Å². The number of benzene rings is 1. The van der Waals surface area contributed by atoms with E-state index in [1.165, 1.54) is 19.0 Å². The van der Waals surface area contributed by atoms with Gasteiger partial charge in [-0.15, -0.1) is 0 Å². The van der Waals surface area contributed by atoms with Crippen LogP contribution >= 0.6 is 11.3 Å². The van der Waals surface area contributed by atoms with Gasteiger partial charge in [0, 0.05) is 20.3 Å². The second kappa shape index (κ2) is 5.34. The minimum atomic E-state index is -4.72.